The number of likely N-dealkylation sites (tertiary alicyclic amines) is 1. The maximum absolute atomic E-state index is 13.3. The lowest BCUT2D eigenvalue weighted by atomic mass is 9.71. The number of alkyl halides is 3. The van der Waals surface area contributed by atoms with Crippen LogP contribution >= 0.6 is 0 Å². The highest BCUT2D eigenvalue weighted by atomic mass is 19.4. The second-order valence-corrected chi connectivity index (χ2v) is 10.2. The molecular formula is C24H26F3N5O2. The van der Waals surface area contributed by atoms with Crippen LogP contribution in [0.4, 0.5) is 19.0 Å². The van der Waals surface area contributed by atoms with Crippen LogP contribution in [0.15, 0.2) is 36.7 Å². The van der Waals surface area contributed by atoms with Gasteiger partial charge in [0.15, 0.2) is 0 Å². The summed E-state index contributed by atoms with van der Waals surface area (Å²) in [5.74, 6) is 1.13. The topological polar surface area (TPSA) is 75.3 Å². The van der Waals surface area contributed by atoms with Crippen molar-refractivity contribution in [3.63, 3.8) is 0 Å². The maximum Gasteiger partial charge on any atom is 0.431 e. The Morgan fingerprint density at radius 2 is 1.85 bits per heavy atom. The summed E-state index contributed by atoms with van der Waals surface area (Å²) in [7, 11) is 0. The van der Waals surface area contributed by atoms with Gasteiger partial charge in [0.1, 0.15) is 35.8 Å². The van der Waals surface area contributed by atoms with Gasteiger partial charge in [0, 0.05) is 29.5 Å². The van der Waals surface area contributed by atoms with Gasteiger partial charge in [-0.3, -0.25) is 4.90 Å². The van der Waals surface area contributed by atoms with Crippen molar-refractivity contribution in [3.8, 4) is 5.75 Å². The number of hydrogen-bond donors (Lipinski definition) is 2. The minimum atomic E-state index is -4.49. The molecule has 6 rings (SSSR count). The fourth-order valence-corrected chi connectivity index (χ4v) is 5.70. The number of anilines is 1. The normalized spacial score (nSPS) is 31.3. The van der Waals surface area contributed by atoms with Gasteiger partial charge in [0.2, 0.25) is 0 Å². The number of hydrogen-bond acceptors (Lipinski definition) is 6. The molecule has 0 bridgehead atoms. The largest absolute Gasteiger partial charge is 0.491 e. The molecule has 3 aromatic rings. The van der Waals surface area contributed by atoms with E-state index in [9.17, 15) is 13.2 Å². The Bertz CT molecular complexity index is 1230. The third-order valence-electron chi connectivity index (χ3n) is 7.94. The standard InChI is InChI=1S/C24H26F3N5O2/c1-22-9-32(10-23(22,2)12-33-11-22)16-8-34-17-6-4-3-5-14(17)19(16)31-21-15-7-18(24(25,26)27)30-20(15)28-13-29-21/h3-7,13,16,19H,8-12H2,1-2H3,(H2,28,29,30,31)/t16?,19?,22-,23+. The van der Waals surface area contributed by atoms with E-state index in [0.717, 1.165) is 43.7 Å². The fraction of sp³-hybridized carbons (Fsp3) is 0.500. The highest BCUT2D eigenvalue weighted by Gasteiger charge is 2.58. The number of aromatic amines is 1. The molecule has 34 heavy (non-hydrogen) atoms. The first-order valence-electron chi connectivity index (χ1n) is 11.4. The summed E-state index contributed by atoms with van der Waals surface area (Å²) in [6.45, 7) is 8.17. The van der Waals surface area contributed by atoms with Gasteiger partial charge in [-0.15, -0.1) is 0 Å². The summed E-state index contributed by atoms with van der Waals surface area (Å²) in [6, 6.07) is 8.60. The lowest BCUT2D eigenvalue weighted by Crippen LogP contribution is -2.48. The van der Waals surface area contributed by atoms with Crippen LogP contribution in [0.25, 0.3) is 11.0 Å². The van der Waals surface area contributed by atoms with E-state index in [-0.39, 0.29) is 28.6 Å². The summed E-state index contributed by atoms with van der Waals surface area (Å²) < 4.78 is 52.0. The molecule has 10 heteroatoms. The highest BCUT2D eigenvalue weighted by molar-refractivity contribution is 5.88. The number of rotatable bonds is 3. The van der Waals surface area contributed by atoms with Crippen molar-refractivity contribution in [3.05, 3.63) is 47.9 Å². The number of benzene rings is 1. The molecule has 0 spiro atoms. The van der Waals surface area contributed by atoms with Gasteiger partial charge in [0.05, 0.1) is 30.7 Å². The zero-order chi connectivity index (χ0) is 23.7. The highest BCUT2D eigenvalue weighted by Crippen LogP contribution is 2.52. The van der Waals surface area contributed by atoms with Crippen LogP contribution in [0.5, 0.6) is 5.75 Å². The molecule has 1 aromatic carbocycles. The Hall–Kier alpha value is -2.85. The van der Waals surface area contributed by atoms with E-state index in [1.54, 1.807) is 0 Å². The number of halogens is 3. The molecule has 2 fully saturated rings. The fourth-order valence-electron chi connectivity index (χ4n) is 5.70. The number of nitrogens with zero attached hydrogens (tertiary/aromatic N) is 3. The number of ether oxygens (including phenoxy) is 2. The summed E-state index contributed by atoms with van der Waals surface area (Å²) in [6.07, 6.45) is -3.21. The Labute approximate surface area is 194 Å². The van der Waals surface area contributed by atoms with Crippen molar-refractivity contribution < 1.29 is 22.6 Å². The van der Waals surface area contributed by atoms with Crippen LogP contribution in [0.2, 0.25) is 0 Å². The molecule has 2 N–H and O–H groups in total. The molecule has 0 radical (unpaired) electrons. The molecule has 4 atom stereocenters. The predicted octanol–water partition coefficient (Wildman–Crippen LogP) is 4.25. The summed E-state index contributed by atoms with van der Waals surface area (Å²) in [5.41, 5.74) is 0.344. The molecular weight excluding hydrogens is 447 g/mol. The van der Waals surface area contributed by atoms with E-state index in [4.69, 9.17) is 9.47 Å². The van der Waals surface area contributed by atoms with Gasteiger partial charge < -0.3 is 19.8 Å². The van der Waals surface area contributed by atoms with Crippen molar-refractivity contribution in [2.75, 3.05) is 38.2 Å². The van der Waals surface area contributed by atoms with Gasteiger partial charge >= 0.3 is 6.18 Å². The third-order valence-corrected chi connectivity index (χ3v) is 7.94. The van der Waals surface area contributed by atoms with E-state index < -0.39 is 11.9 Å². The second-order valence-electron chi connectivity index (χ2n) is 10.2. The predicted molar refractivity (Wildman–Crippen MR) is 120 cm³/mol. The molecule has 0 aliphatic carbocycles. The zero-order valence-corrected chi connectivity index (χ0v) is 18.9. The van der Waals surface area contributed by atoms with E-state index in [0.29, 0.717) is 17.8 Å². The molecule has 180 valence electrons. The number of fused-ring (bicyclic) bond motifs is 3. The first-order chi connectivity index (χ1) is 16.2. The summed E-state index contributed by atoms with van der Waals surface area (Å²) in [5, 5.41) is 3.78. The SMILES string of the molecule is C[C@@]12COC[C@]1(C)CN(C1COc3ccccc3C1Nc1ncnc3[nH]c(C(F)(F)F)cc13)C2. The Morgan fingerprint density at radius 1 is 1.12 bits per heavy atom. The van der Waals surface area contributed by atoms with Gasteiger partial charge in [-0.05, 0) is 12.1 Å². The van der Waals surface area contributed by atoms with Crippen molar-refractivity contribution >= 4 is 16.9 Å². The number of para-hydroxylation sites is 1. The van der Waals surface area contributed by atoms with E-state index in [2.05, 4.69) is 39.0 Å². The van der Waals surface area contributed by atoms with Gasteiger partial charge in [-0.2, -0.15) is 13.2 Å². The Morgan fingerprint density at radius 3 is 2.59 bits per heavy atom. The molecule has 0 saturated carbocycles. The average Bonchev–Trinajstić information content (AvgIpc) is 3.42. The molecule has 3 aliphatic rings. The van der Waals surface area contributed by atoms with Crippen molar-refractivity contribution in [1.29, 1.82) is 0 Å². The van der Waals surface area contributed by atoms with Crippen LogP contribution in [-0.2, 0) is 10.9 Å². The summed E-state index contributed by atoms with van der Waals surface area (Å²) in [4.78, 5) is 13.1. The van der Waals surface area contributed by atoms with E-state index >= 15 is 0 Å². The van der Waals surface area contributed by atoms with Gasteiger partial charge in [-0.1, -0.05) is 32.0 Å². The molecule has 0 amide bonds. The molecule has 5 heterocycles. The number of nitrogens with one attached hydrogen (secondary N) is 2. The van der Waals surface area contributed by atoms with Crippen molar-refractivity contribution in [2.24, 2.45) is 10.8 Å². The molecule has 7 nitrogen and oxygen atoms in total. The Kier molecular flexibility index (Phi) is 4.67. The van der Waals surface area contributed by atoms with Crippen molar-refractivity contribution in [2.45, 2.75) is 32.1 Å². The number of H-pyrrole nitrogens is 1. The first kappa shape index (κ1) is 21.7. The monoisotopic (exact) mass is 473 g/mol. The molecule has 3 aliphatic heterocycles. The minimum absolute atomic E-state index is 0.0276. The van der Waals surface area contributed by atoms with Crippen LogP contribution < -0.4 is 10.1 Å². The third kappa shape index (κ3) is 3.26. The minimum Gasteiger partial charge on any atom is -0.491 e. The second kappa shape index (κ2) is 7.32. The zero-order valence-electron chi connectivity index (χ0n) is 18.9. The van der Waals surface area contributed by atoms with Crippen molar-refractivity contribution in [1.82, 2.24) is 19.9 Å². The molecule has 2 saturated heterocycles. The van der Waals surface area contributed by atoms with Crippen LogP contribution in [-0.4, -0.2) is 58.8 Å². The smallest absolute Gasteiger partial charge is 0.431 e. The van der Waals surface area contributed by atoms with E-state index in [1.807, 2.05) is 24.3 Å². The van der Waals surface area contributed by atoms with Crippen LogP contribution in [0, 0.1) is 10.8 Å². The maximum atomic E-state index is 13.3. The molecule has 2 aromatic heterocycles. The summed E-state index contributed by atoms with van der Waals surface area (Å²) >= 11 is 0. The lowest BCUT2D eigenvalue weighted by Gasteiger charge is -2.40. The Balaban J connectivity index is 1.39. The van der Waals surface area contributed by atoms with Crippen LogP contribution in [0.3, 0.4) is 0 Å². The lowest BCUT2D eigenvalue weighted by molar-refractivity contribution is -0.140. The average molecular weight is 473 g/mol. The van der Waals surface area contributed by atoms with Crippen LogP contribution in [0.1, 0.15) is 31.1 Å². The van der Waals surface area contributed by atoms with E-state index in [1.165, 1.54) is 6.33 Å². The number of aromatic nitrogens is 3. The van der Waals surface area contributed by atoms with Gasteiger partial charge in [-0.25, -0.2) is 9.97 Å². The molecule has 2 unspecified atom stereocenters. The van der Waals surface area contributed by atoms with Gasteiger partial charge in [0.25, 0.3) is 0 Å². The first-order valence-corrected chi connectivity index (χ1v) is 11.4. The quantitative estimate of drug-likeness (QED) is 0.593.